The Hall–Kier alpha value is -3.78. The molecular weight excluding hydrogens is 474 g/mol. The number of amides is 1. The number of aryl methyl sites for hydroxylation is 1. The summed E-state index contributed by atoms with van der Waals surface area (Å²) in [6, 6.07) is 17.2. The van der Waals surface area contributed by atoms with Gasteiger partial charge >= 0.3 is 0 Å². The van der Waals surface area contributed by atoms with Crippen LogP contribution < -0.4 is 9.47 Å². The highest BCUT2D eigenvalue weighted by Crippen LogP contribution is 2.35. The first-order valence-electron chi connectivity index (χ1n) is 11.7. The van der Waals surface area contributed by atoms with Crippen LogP contribution >= 0.6 is 11.8 Å². The van der Waals surface area contributed by atoms with Crippen molar-refractivity contribution in [3.63, 3.8) is 0 Å². The predicted octanol–water partition coefficient (Wildman–Crippen LogP) is 6.14. The summed E-state index contributed by atoms with van der Waals surface area (Å²) in [5.74, 6) is 2.18. The van der Waals surface area contributed by atoms with Crippen molar-refractivity contribution in [2.45, 2.75) is 27.3 Å². The predicted molar refractivity (Wildman–Crippen MR) is 144 cm³/mol. The largest absolute Gasteiger partial charge is 0.493 e. The molecule has 0 unspecified atom stereocenters. The van der Waals surface area contributed by atoms with Crippen LogP contribution in [0.15, 0.2) is 80.4 Å². The lowest BCUT2D eigenvalue weighted by Gasteiger charge is -2.13. The summed E-state index contributed by atoms with van der Waals surface area (Å²) in [7, 11) is 1.60. The number of thioether (sulfide) groups is 1. The average molecular weight is 504 g/mol. The van der Waals surface area contributed by atoms with E-state index in [1.807, 2.05) is 61.5 Å². The molecule has 1 aliphatic rings. The lowest BCUT2D eigenvalue weighted by molar-refractivity contribution is -0.122. The molecule has 1 aliphatic heterocycles. The highest BCUT2D eigenvalue weighted by molar-refractivity contribution is 8.18. The van der Waals surface area contributed by atoms with Gasteiger partial charge in [0, 0.05) is 0 Å². The SMILES string of the molecule is COc1cc(/C=C2\S/C(=N\N=C\c3ccccc3C)N(Cc3ccco3)C2=O)ccc1OCC(C)C. The fourth-order valence-corrected chi connectivity index (χ4v) is 4.39. The van der Waals surface area contributed by atoms with E-state index in [9.17, 15) is 4.79 Å². The first-order valence-corrected chi connectivity index (χ1v) is 12.5. The maximum Gasteiger partial charge on any atom is 0.267 e. The molecule has 0 N–H and O–H groups in total. The van der Waals surface area contributed by atoms with Crippen LogP contribution in [-0.4, -0.2) is 35.9 Å². The van der Waals surface area contributed by atoms with E-state index in [4.69, 9.17) is 13.9 Å². The highest BCUT2D eigenvalue weighted by atomic mass is 32.2. The van der Waals surface area contributed by atoms with Gasteiger partial charge in [-0.3, -0.25) is 9.69 Å². The minimum absolute atomic E-state index is 0.166. The number of hydrogen-bond acceptors (Lipinski definition) is 7. The summed E-state index contributed by atoms with van der Waals surface area (Å²) in [6.07, 6.45) is 5.10. The molecule has 0 atom stereocenters. The number of carbonyl (C=O) groups excluding carboxylic acids is 1. The number of carbonyl (C=O) groups is 1. The van der Waals surface area contributed by atoms with E-state index in [0.29, 0.717) is 39.9 Å². The third-order valence-electron chi connectivity index (χ3n) is 5.37. The minimum atomic E-state index is -0.166. The number of nitrogens with zero attached hydrogens (tertiary/aromatic N) is 3. The van der Waals surface area contributed by atoms with Crippen molar-refractivity contribution in [3.8, 4) is 11.5 Å². The molecule has 1 saturated heterocycles. The van der Waals surface area contributed by atoms with Gasteiger partial charge in [-0.2, -0.15) is 5.10 Å². The first-order chi connectivity index (χ1) is 17.4. The molecule has 1 amide bonds. The van der Waals surface area contributed by atoms with Crippen LogP contribution in [0.3, 0.4) is 0 Å². The molecule has 0 spiro atoms. The fraction of sp³-hybridized carbons (Fsp3) is 0.250. The second kappa shape index (κ2) is 11.8. The molecule has 0 saturated carbocycles. The maximum atomic E-state index is 13.3. The van der Waals surface area contributed by atoms with Gasteiger partial charge in [-0.25, -0.2) is 0 Å². The molecule has 2 aromatic carbocycles. The zero-order chi connectivity index (χ0) is 25.5. The summed E-state index contributed by atoms with van der Waals surface area (Å²) in [5, 5.41) is 9.13. The molecule has 1 aromatic heterocycles. The first kappa shape index (κ1) is 25.3. The van der Waals surface area contributed by atoms with E-state index < -0.39 is 0 Å². The van der Waals surface area contributed by atoms with Crippen molar-refractivity contribution in [1.82, 2.24) is 4.90 Å². The number of benzene rings is 2. The molecule has 2 heterocycles. The van der Waals surface area contributed by atoms with Crippen molar-refractivity contribution in [2.24, 2.45) is 16.1 Å². The van der Waals surface area contributed by atoms with Crippen LogP contribution in [0.25, 0.3) is 6.08 Å². The van der Waals surface area contributed by atoms with Crippen LogP contribution in [0.1, 0.15) is 36.3 Å². The molecule has 36 heavy (non-hydrogen) atoms. The normalized spacial score (nSPS) is 16.1. The summed E-state index contributed by atoms with van der Waals surface area (Å²) in [5.41, 5.74) is 2.89. The van der Waals surface area contributed by atoms with Gasteiger partial charge < -0.3 is 13.9 Å². The molecule has 3 aromatic rings. The maximum absolute atomic E-state index is 13.3. The smallest absolute Gasteiger partial charge is 0.267 e. The Morgan fingerprint density at radius 1 is 1.11 bits per heavy atom. The summed E-state index contributed by atoms with van der Waals surface area (Å²) in [6.45, 7) is 7.05. The Morgan fingerprint density at radius 2 is 1.94 bits per heavy atom. The van der Waals surface area contributed by atoms with Gasteiger partial charge in [0.15, 0.2) is 16.7 Å². The van der Waals surface area contributed by atoms with E-state index >= 15 is 0 Å². The van der Waals surface area contributed by atoms with E-state index in [0.717, 1.165) is 16.7 Å². The van der Waals surface area contributed by atoms with Crippen LogP contribution in [0.2, 0.25) is 0 Å². The topological polar surface area (TPSA) is 76.6 Å². The van der Waals surface area contributed by atoms with Gasteiger partial charge in [-0.1, -0.05) is 44.2 Å². The minimum Gasteiger partial charge on any atom is -0.493 e. The van der Waals surface area contributed by atoms with E-state index in [2.05, 4.69) is 24.1 Å². The van der Waals surface area contributed by atoms with Crippen molar-refractivity contribution in [2.75, 3.05) is 13.7 Å². The number of methoxy groups -OCH3 is 1. The lowest BCUT2D eigenvalue weighted by atomic mass is 10.1. The molecule has 186 valence electrons. The average Bonchev–Trinajstić information content (AvgIpc) is 3.48. The Kier molecular flexibility index (Phi) is 8.28. The van der Waals surface area contributed by atoms with Gasteiger partial charge in [0.2, 0.25) is 0 Å². The van der Waals surface area contributed by atoms with Crippen LogP contribution in [0, 0.1) is 12.8 Å². The van der Waals surface area contributed by atoms with Gasteiger partial charge in [0.25, 0.3) is 5.91 Å². The number of ether oxygens (including phenoxy) is 2. The van der Waals surface area contributed by atoms with Crippen molar-refractivity contribution < 1.29 is 18.7 Å². The van der Waals surface area contributed by atoms with E-state index in [1.165, 1.54) is 11.8 Å². The monoisotopic (exact) mass is 503 g/mol. The number of hydrogen-bond donors (Lipinski definition) is 0. The summed E-state index contributed by atoms with van der Waals surface area (Å²) < 4.78 is 16.8. The van der Waals surface area contributed by atoms with Crippen LogP contribution in [-0.2, 0) is 11.3 Å². The van der Waals surface area contributed by atoms with Crippen LogP contribution in [0.4, 0.5) is 0 Å². The molecule has 0 bridgehead atoms. The van der Waals surface area contributed by atoms with E-state index in [-0.39, 0.29) is 12.5 Å². The molecular formula is C28H29N3O4S. The summed E-state index contributed by atoms with van der Waals surface area (Å²) >= 11 is 1.27. The van der Waals surface area contributed by atoms with Crippen molar-refractivity contribution in [1.29, 1.82) is 0 Å². The Labute approximate surface area is 215 Å². The lowest BCUT2D eigenvalue weighted by Crippen LogP contribution is -2.28. The quantitative estimate of drug-likeness (QED) is 0.199. The molecule has 1 fully saturated rings. The third kappa shape index (κ3) is 6.26. The Bertz CT molecular complexity index is 1300. The highest BCUT2D eigenvalue weighted by Gasteiger charge is 2.34. The molecule has 7 nitrogen and oxygen atoms in total. The van der Waals surface area contributed by atoms with Crippen molar-refractivity contribution in [3.05, 3.63) is 88.2 Å². The van der Waals surface area contributed by atoms with Crippen LogP contribution in [0.5, 0.6) is 11.5 Å². The second-order valence-electron chi connectivity index (χ2n) is 8.68. The Balaban J connectivity index is 1.60. The second-order valence-corrected chi connectivity index (χ2v) is 9.69. The Morgan fingerprint density at radius 3 is 2.67 bits per heavy atom. The zero-order valence-corrected chi connectivity index (χ0v) is 21.6. The van der Waals surface area contributed by atoms with Gasteiger partial charge in [0.05, 0.1) is 37.6 Å². The number of furan rings is 1. The number of amidine groups is 1. The van der Waals surface area contributed by atoms with Gasteiger partial charge in [-0.05, 0) is 71.6 Å². The zero-order valence-electron chi connectivity index (χ0n) is 20.8. The summed E-state index contributed by atoms with van der Waals surface area (Å²) in [4.78, 5) is 15.4. The van der Waals surface area contributed by atoms with Gasteiger partial charge in [0.1, 0.15) is 5.76 Å². The standard InChI is InChI=1S/C28H29N3O4S/c1-19(2)18-35-24-12-11-21(14-25(24)33-4)15-26-27(32)31(17-23-10-7-13-34-23)28(36-26)30-29-16-22-9-6-5-8-20(22)3/h5-16,19H,17-18H2,1-4H3/b26-15-,29-16+,30-28-. The molecule has 8 heteroatoms. The third-order valence-corrected chi connectivity index (χ3v) is 6.37. The fourth-order valence-electron chi connectivity index (χ4n) is 3.45. The molecule has 0 radical (unpaired) electrons. The van der Waals surface area contributed by atoms with Crippen molar-refractivity contribution >= 4 is 35.1 Å². The van der Waals surface area contributed by atoms with E-state index in [1.54, 1.807) is 30.6 Å². The van der Waals surface area contributed by atoms with Gasteiger partial charge in [-0.15, -0.1) is 5.10 Å². The molecule has 4 rings (SSSR count). The molecule has 0 aliphatic carbocycles. The number of rotatable bonds is 9.